The second-order valence-corrected chi connectivity index (χ2v) is 2.27. The van der Waals surface area contributed by atoms with Crippen LogP contribution in [0.5, 0.6) is 0 Å². The molecule has 0 fully saturated rings. The van der Waals surface area contributed by atoms with E-state index in [1.807, 2.05) is 0 Å². The SMILES string of the molecule is C#CCOCCCCCC=O. The first-order valence-electron chi connectivity index (χ1n) is 3.86. The largest absolute Gasteiger partial charge is 0.369 e. The summed E-state index contributed by atoms with van der Waals surface area (Å²) in [6, 6.07) is 0. The van der Waals surface area contributed by atoms with Gasteiger partial charge in [0.2, 0.25) is 0 Å². The highest BCUT2D eigenvalue weighted by atomic mass is 16.5. The quantitative estimate of drug-likeness (QED) is 0.315. The summed E-state index contributed by atoms with van der Waals surface area (Å²) in [5.74, 6) is 2.39. The van der Waals surface area contributed by atoms with Crippen LogP contribution < -0.4 is 0 Å². The highest BCUT2D eigenvalue weighted by molar-refractivity contribution is 5.48. The Morgan fingerprint density at radius 3 is 2.82 bits per heavy atom. The average Bonchev–Trinajstić information content (AvgIpc) is 2.03. The number of ether oxygens (including phenoxy) is 1. The standard InChI is InChI=1S/C9H14O2/c1-2-8-11-9-6-4-3-5-7-10/h1,7H,3-6,8-9H2. The Morgan fingerprint density at radius 2 is 2.18 bits per heavy atom. The Morgan fingerprint density at radius 1 is 1.36 bits per heavy atom. The Bertz CT molecular complexity index is 124. The number of rotatable bonds is 7. The maximum Gasteiger partial charge on any atom is 0.119 e. The lowest BCUT2D eigenvalue weighted by Crippen LogP contribution is -1.94. The Hall–Kier alpha value is -0.810. The summed E-state index contributed by atoms with van der Waals surface area (Å²) in [6.45, 7) is 1.11. The summed E-state index contributed by atoms with van der Waals surface area (Å²) in [5, 5.41) is 0. The number of carbonyl (C=O) groups excluding carboxylic acids is 1. The van der Waals surface area contributed by atoms with Gasteiger partial charge in [-0.25, -0.2) is 0 Å². The summed E-state index contributed by atoms with van der Waals surface area (Å²) < 4.78 is 5.04. The molecule has 62 valence electrons. The Balaban J connectivity index is 2.80. The van der Waals surface area contributed by atoms with Crippen molar-refractivity contribution in [2.24, 2.45) is 0 Å². The highest BCUT2D eigenvalue weighted by Crippen LogP contribution is 1.97. The van der Waals surface area contributed by atoms with Gasteiger partial charge in [-0.2, -0.15) is 0 Å². The van der Waals surface area contributed by atoms with Gasteiger partial charge >= 0.3 is 0 Å². The fourth-order valence-corrected chi connectivity index (χ4v) is 0.740. The third-order valence-corrected chi connectivity index (χ3v) is 1.30. The molecule has 0 saturated heterocycles. The molecule has 0 aliphatic heterocycles. The molecule has 0 unspecified atom stereocenters. The minimum absolute atomic E-state index is 0.397. The van der Waals surface area contributed by atoms with Crippen LogP contribution in [0.4, 0.5) is 0 Å². The van der Waals surface area contributed by atoms with Crippen molar-refractivity contribution in [1.82, 2.24) is 0 Å². The fourth-order valence-electron chi connectivity index (χ4n) is 0.740. The normalized spacial score (nSPS) is 9.00. The van der Waals surface area contributed by atoms with Crippen LogP contribution in [0.15, 0.2) is 0 Å². The maximum atomic E-state index is 9.88. The number of carbonyl (C=O) groups is 1. The summed E-state index contributed by atoms with van der Waals surface area (Å²) in [4.78, 5) is 9.88. The van der Waals surface area contributed by atoms with Crippen LogP contribution >= 0.6 is 0 Å². The lowest BCUT2D eigenvalue weighted by atomic mass is 10.2. The molecule has 2 heteroatoms. The molecule has 0 heterocycles. The summed E-state index contributed by atoms with van der Waals surface area (Å²) in [6.07, 6.45) is 9.58. The first kappa shape index (κ1) is 10.2. The third kappa shape index (κ3) is 9.19. The zero-order chi connectivity index (χ0) is 8.36. The van der Waals surface area contributed by atoms with Crippen molar-refractivity contribution < 1.29 is 9.53 Å². The van der Waals surface area contributed by atoms with Crippen LogP contribution in [0.3, 0.4) is 0 Å². The Labute approximate surface area is 67.9 Å². The van der Waals surface area contributed by atoms with Gasteiger partial charge in [0.1, 0.15) is 12.9 Å². The molecular weight excluding hydrogens is 140 g/mol. The molecule has 0 radical (unpaired) electrons. The van der Waals surface area contributed by atoms with Crippen LogP contribution in [0.25, 0.3) is 0 Å². The minimum atomic E-state index is 0.397. The van der Waals surface area contributed by atoms with Gasteiger partial charge in [0, 0.05) is 13.0 Å². The third-order valence-electron chi connectivity index (χ3n) is 1.30. The van der Waals surface area contributed by atoms with Gasteiger partial charge in [-0.1, -0.05) is 12.3 Å². The summed E-state index contributed by atoms with van der Waals surface area (Å²) >= 11 is 0. The lowest BCUT2D eigenvalue weighted by molar-refractivity contribution is -0.107. The van der Waals surface area contributed by atoms with E-state index in [2.05, 4.69) is 5.92 Å². The van der Waals surface area contributed by atoms with Crippen LogP contribution in [0, 0.1) is 12.3 Å². The first-order chi connectivity index (χ1) is 5.41. The predicted molar refractivity (Wildman–Crippen MR) is 44.2 cm³/mol. The van der Waals surface area contributed by atoms with E-state index in [1.54, 1.807) is 0 Å². The smallest absolute Gasteiger partial charge is 0.119 e. The van der Waals surface area contributed by atoms with Gasteiger partial charge < -0.3 is 9.53 Å². The van der Waals surface area contributed by atoms with E-state index in [0.29, 0.717) is 19.6 Å². The molecule has 0 spiro atoms. The molecule has 0 aliphatic carbocycles. The number of aldehydes is 1. The highest BCUT2D eigenvalue weighted by Gasteiger charge is 1.88. The van der Waals surface area contributed by atoms with E-state index in [4.69, 9.17) is 11.2 Å². The van der Waals surface area contributed by atoms with Gasteiger partial charge in [-0.15, -0.1) is 6.42 Å². The van der Waals surface area contributed by atoms with Crippen molar-refractivity contribution in [2.45, 2.75) is 25.7 Å². The van der Waals surface area contributed by atoms with E-state index >= 15 is 0 Å². The van der Waals surface area contributed by atoms with Crippen LogP contribution in [0.2, 0.25) is 0 Å². The lowest BCUT2D eigenvalue weighted by Gasteiger charge is -1.97. The van der Waals surface area contributed by atoms with Crippen LogP contribution in [-0.4, -0.2) is 19.5 Å². The van der Waals surface area contributed by atoms with Gasteiger partial charge in [0.05, 0.1) is 0 Å². The first-order valence-corrected chi connectivity index (χ1v) is 3.86. The molecule has 11 heavy (non-hydrogen) atoms. The monoisotopic (exact) mass is 154 g/mol. The zero-order valence-electron chi connectivity index (χ0n) is 6.71. The zero-order valence-corrected chi connectivity index (χ0v) is 6.71. The van der Waals surface area contributed by atoms with E-state index in [1.165, 1.54) is 0 Å². The fraction of sp³-hybridized carbons (Fsp3) is 0.667. The molecule has 0 rings (SSSR count). The van der Waals surface area contributed by atoms with Crippen molar-refractivity contribution in [1.29, 1.82) is 0 Å². The molecule has 0 aromatic rings. The van der Waals surface area contributed by atoms with Crippen molar-refractivity contribution in [3.8, 4) is 12.3 Å². The van der Waals surface area contributed by atoms with Crippen molar-refractivity contribution in [3.63, 3.8) is 0 Å². The predicted octanol–water partition coefficient (Wildman–Crippen LogP) is 1.40. The number of terminal acetylenes is 1. The molecule has 0 N–H and O–H groups in total. The number of hydrogen-bond donors (Lipinski definition) is 0. The summed E-state index contributed by atoms with van der Waals surface area (Å²) in [7, 11) is 0. The molecule has 0 aromatic carbocycles. The van der Waals surface area contributed by atoms with Gasteiger partial charge in [0.15, 0.2) is 0 Å². The molecule has 0 bridgehead atoms. The average molecular weight is 154 g/mol. The molecule has 0 aliphatic rings. The number of hydrogen-bond acceptors (Lipinski definition) is 2. The van der Waals surface area contributed by atoms with Crippen molar-refractivity contribution in [2.75, 3.05) is 13.2 Å². The van der Waals surface area contributed by atoms with Crippen LogP contribution in [-0.2, 0) is 9.53 Å². The van der Waals surface area contributed by atoms with Gasteiger partial charge in [0.25, 0.3) is 0 Å². The molecule has 0 amide bonds. The minimum Gasteiger partial charge on any atom is -0.369 e. The molecular formula is C9H14O2. The summed E-state index contributed by atoms with van der Waals surface area (Å²) in [5.41, 5.74) is 0. The van der Waals surface area contributed by atoms with Gasteiger partial charge in [-0.3, -0.25) is 0 Å². The van der Waals surface area contributed by atoms with Crippen molar-refractivity contribution >= 4 is 6.29 Å². The van der Waals surface area contributed by atoms with Gasteiger partial charge in [-0.05, 0) is 12.8 Å². The number of unbranched alkanes of at least 4 members (excludes halogenated alkanes) is 3. The van der Waals surface area contributed by atoms with Crippen LogP contribution in [0.1, 0.15) is 25.7 Å². The maximum absolute atomic E-state index is 9.88. The van der Waals surface area contributed by atoms with E-state index in [0.717, 1.165) is 25.5 Å². The van der Waals surface area contributed by atoms with E-state index < -0.39 is 0 Å². The molecule has 0 atom stereocenters. The van der Waals surface area contributed by atoms with E-state index in [9.17, 15) is 4.79 Å². The van der Waals surface area contributed by atoms with E-state index in [-0.39, 0.29) is 0 Å². The Kier molecular flexibility index (Phi) is 8.51. The topological polar surface area (TPSA) is 26.3 Å². The second kappa shape index (κ2) is 9.19. The molecule has 0 saturated carbocycles. The molecule has 0 aromatic heterocycles. The van der Waals surface area contributed by atoms with Crippen molar-refractivity contribution in [3.05, 3.63) is 0 Å². The second-order valence-electron chi connectivity index (χ2n) is 2.27. The molecule has 2 nitrogen and oxygen atoms in total.